The molecule has 0 aromatic heterocycles. The lowest BCUT2D eigenvalue weighted by Gasteiger charge is -2.07. The average molecular weight is 220 g/mol. The van der Waals surface area contributed by atoms with E-state index >= 15 is 0 Å². The number of alkyl halides is 3. The first kappa shape index (κ1) is 13.8. The lowest BCUT2D eigenvalue weighted by Crippen LogP contribution is -2.16. The predicted molar refractivity (Wildman–Crippen MR) is 53.6 cm³/mol. The summed E-state index contributed by atoms with van der Waals surface area (Å²) in [6, 6.07) is 7.05. The Bertz CT molecular complexity index is 252. The molecular formula is C11H15F3O. The predicted octanol–water partition coefficient (Wildman–Crippen LogP) is 4.25. The van der Waals surface area contributed by atoms with Crippen LogP contribution in [0, 0.1) is 5.92 Å². The standard InChI is InChI=1S/C7H5F3O.C4H10/c8-7(9,10)11-6-4-2-1-3-5-6;1-4(2)3/h1-5H;4H,1-3H3. The van der Waals surface area contributed by atoms with E-state index in [4.69, 9.17) is 0 Å². The first-order valence-corrected chi connectivity index (χ1v) is 4.62. The maximum atomic E-state index is 11.5. The molecule has 0 unspecified atom stereocenters. The molecule has 1 aromatic carbocycles. The van der Waals surface area contributed by atoms with Crippen molar-refractivity contribution in [1.29, 1.82) is 0 Å². The second-order valence-corrected chi connectivity index (χ2v) is 3.59. The van der Waals surface area contributed by atoms with E-state index in [1.165, 1.54) is 24.3 Å². The molecular weight excluding hydrogens is 205 g/mol. The summed E-state index contributed by atoms with van der Waals surface area (Å²) < 4.78 is 38.2. The number of ether oxygens (including phenoxy) is 1. The largest absolute Gasteiger partial charge is 0.573 e. The van der Waals surface area contributed by atoms with Crippen LogP contribution in [0.2, 0.25) is 0 Å². The minimum absolute atomic E-state index is 0.194. The van der Waals surface area contributed by atoms with Gasteiger partial charge in [0.15, 0.2) is 0 Å². The molecule has 0 spiro atoms. The fraction of sp³-hybridized carbons (Fsp3) is 0.455. The highest BCUT2D eigenvalue weighted by atomic mass is 19.4. The molecule has 1 rings (SSSR count). The summed E-state index contributed by atoms with van der Waals surface area (Å²) in [7, 11) is 0. The molecule has 1 nitrogen and oxygen atoms in total. The van der Waals surface area contributed by atoms with Crippen molar-refractivity contribution in [3.05, 3.63) is 30.3 Å². The third-order valence-electron chi connectivity index (χ3n) is 0.977. The zero-order valence-corrected chi connectivity index (χ0v) is 9.01. The highest BCUT2D eigenvalue weighted by Gasteiger charge is 2.30. The van der Waals surface area contributed by atoms with E-state index in [0.29, 0.717) is 0 Å². The maximum Gasteiger partial charge on any atom is 0.573 e. The van der Waals surface area contributed by atoms with Crippen molar-refractivity contribution in [1.82, 2.24) is 0 Å². The lowest BCUT2D eigenvalue weighted by molar-refractivity contribution is -0.274. The molecule has 0 N–H and O–H groups in total. The van der Waals surface area contributed by atoms with Crippen LogP contribution in [0.15, 0.2) is 30.3 Å². The van der Waals surface area contributed by atoms with Crippen LogP contribution in [-0.4, -0.2) is 6.36 Å². The van der Waals surface area contributed by atoms with Crippen LogP contribution in [0.4, 0.5) is 13.2 Å². The number of hydrogen-bond acceptors (Lipinski definition) is 1. The van der Waals surface area contributed by atoms with Gasteiger partial charge in [0.2, 0.25) is 0 Å². The molecule has 15 heavy (non-hydrogen) atoms. The van der Waals surface area contributed by atoms with Crippen molar-refractivity contribution in [3.8, 4) is 5.75 Å². The molecule has 4 heteroatoms. The molecule has 0 fully saturated rings. The van der Waals surface area contributed by atoms with E-state index in [1.54, 1.807) is 6.07 Å². The van der Waals surface area contributed by atoms with Gasteiger partial charge in [-0.05, 0) is 18.1 Å². The van der Waals surface area contributed by atoms with E-state index in [1.807, 2.05) is 0 Å². The fourth-order valence-electron chi connectivity index (χ4n) is 0.622. The Morgan fingerprint density at radius 3 is 1.73 bits per heavy atom. The van der Waals surface area contributed by atoms with Gasteiger partial charge in [-0.1, -0.05) is 39.0 Å². The Balaban J connectivity index is 0.000000423. The Morgan fingerprint density at radius 1 is 1.00 bits per heavy atom. The Labute approximate surface area is 87.9 Å². The molecule has 0 aliphatic carbocycles. The zero-order chi connectivity index (χ0) is 11.9. The number of halogens is 3. The van der Waals surface area contributed by atoms with Crippen molar-refractivity contribution in [2.45, 2.75) is 27.1 Å². The Hall–Kier alpha value is -1.19. The normalized spacial score (nSPS) is 10.6. The summed E-state index contributed by atoms with van der Waals surface area (Å²) in [6.45, 7) is 6.50. The minimum atomic E-state index is -4.60. The molecule has 0 saturated heterocycles. The van der Waals surface area contributed by atoms with Gasteiger partial charge in [-0.25, -0.2) is 0 Å². The van der Waals surface area contributed by atoms with Crippen molar-refractivity contribution in [2.75, 3.05) is 0 Å². The molecule has 0 aliphatic heterocycles. The van der Waals surface area contributed by atoms with Gasteiger partial charge in [0.25, 0.3) is 0 Å². The van der Waals surface area contributed by atoms with Gasteiger partial charge in [-0.15, -0.1) is 13.2 Å². The number of para-hydroxylation sites is 1. The molecule has 86 valence electrons. The highest BCUT2D eigenvalue weighted by molar-refractivity contribution is 5.20. The number of benzene rings is 1. The second-order valence-electron chi connectivity index (χ2n) is 3.59. The molecule has 0 radical (unpaired) electrons. The van der Waals surface area contributed by atoms with Gasteiger partial charge >= 0.3 is 6.36 Å². The summed E-state index contributed by atoms with van der Waals surface area (Å²) in [5.41, 5.74) is 0. The van der Waals surface area contributed by atoms with Crippen LogP contribution < -0.4 is 4.74 Å². The van der Waals surface area contributed by atoms with E-state index in [2.05, 4.69) is 25.5 Å². The summed E-state index contributed by atoms with van der Waals surface area (Å²) in [5, 5.41) is 0. The van der Waals surface area contributed by atoms with E-state index < -0.39 is 6.36 Å². The van der Waals surface area contributed by atoms with Gasteiger partial charge in [0, 0.05) is 0 Å². The molecule has 0 saturated carbocycles. The van der Waals surface area contributed by atoms with Gasteiger partial charge in [-0.2, -0.15) is 0 Å². The minimum Gasteiger partial charge on any atom is -0.406 e. The third kappa shape index (κ3) is 10.7. The monoisotopic (exact) mass is 220 g/mol. The van der Waals surface area contributed by atoms with E-state index in [9.17, 15) is 13.2 Å². The summed E-state index contributed by atoms with van der Waals surface area (Å²) >= 11 is 0. The summed E-state index contributed by atoms with van der Waals surface area (Å²) in [5.74, 6) is 0.639. The zero-order valence-electron chi connectivity index (χ0n) is 9.01. The Morgan fingerprint density at radius 2 is 1.40 bits per heavy atom. The number of hydrogen-bond donors (Lipinski definition) is 0. The SMILES string of the molecule is CC(C)C.FC(F)(F)Oc1ccccc1. The third-order valence-corrected chi connectivity index (χ3v) is 0.977. The van der Waals surface area contributed by atoms with Crippen LogP contribution in [0.1, 0.15) is 20.8 Å². The Kier molecular flexibility index (Phi) is 5.82. The molecule has 0 bridgehead atoms. The van der Waals surface area contributed by atoms with Crippen molar-refractivity contribution >= 4 is 0 Å². The first-order chi connectivity index (χ1) is 6.81. The molecule has 0 amide bonds. The van der Waals surface area contributed by atoms with Gasteiger partial charge < -0.3 is 4.74 Å². The summed E-state index contributed by atoms with van der Waals surface area (Å²) in [6.07, 6.45) is -4.60. The van der Waals surface area contributed by atoms with Crippen LogP contribution >= 0.6 is 0 Å². The van der Waals surface area contributed by atoms with Crippen molar-refractivity contribution in [3.63, 3.8) is 0 Å². The van der Waals surface area contributed by atoms with E-state index in [0.717, 1.165) is 5.92 Å². The topological polar surface area (TPSA) is 9.23 Å². The first-order valence-electron chi connectivity index (χ1n) is 4.62. The van der Waals surface area contributed by atoms with Gasteiger partial charge in [0.05, 0.1) is 0 Å². The van der Waals surface area contributed by atoms with Crippen LogP contribution in [0.5, 0.6) is 5.75 Å². The van der Waals surface area contributed by atoms with Crippen molar-refractivity contribution < 1.29 is 17.9 Å². The fourth-order valence-corrected chi connectivity index (χ4v) is 0.622. The second kappa shape index (κ2) is 6.32. The van der Waals surface area contributed by atoms with Crippen LogP contribution in [0.25, 0.3) is 0 Å². The van der Waals surface area contributed by atoms with E-state index in [-0.39, 0.29) is 5.75 Å². The van der Waals surface area contributed by atoms with Crippen molar-refractivity contribution in [2.24, 2.45) is 5.92 Å². The number of rotatable bonds is 1. The van der Waals surface area contributed by atoms with Gasteiger partial charge in [0.1, 0.15) is 5.75 Å². The molecule has 1 aromatic rings. The molecule has 0 heterocycles. The van der Waals surface area contributed by atoms with Gasteiger partial charge in [-0.3, -0.25) is 0 Å². The highest BCUT2D eigenvalue weighted by Crippen LogP contribution is 2.21. The maximum absolute atomic E-state index is 11.5. The molecule has 0 atom stereocenters. The quantitative estimate of drug-likeness (QED) is 0.687. The summed E-state index contributed by atoms with van der Waals surface area (Å²) in [4.78, 5) is 0. The van der Waals surface area contributed by atoms with Crippen LogP contribution in [0.3, 0.4) is 0 Å². The lowest BCUT2D eigenvalue weighted by atomic mass is 10.3. The smallest absolute Gasteiger partial charge is 0.406 e. The van der Waals surface area contributed by atoms with Crippen LogP contribution in [-0.2, 0) is 0 Å². The average Bonchev–Trinajstić information content (AvgIpc) is 2.01. The molecule has 0 aliphatic rings.